The summed E-state index contributed by atoms with van der Waals surface area (Å²) in [6.07, 6.45) is 0.823. The first-order valence-electron chi connectivity index (χ1n) is 9.02. The smallest absolute Gasteiger partial charge is 0.273 e. The van der Waals surface area contributed by atoms with Crippen molar-refractivity contribution in [3.05, 3.63) is 58.1 Å². The van der Waals surface area contributed by atoms with Crippen molar-refractivity contribution in [2.45, 2.75) is 20.3 Å². The molecule has 0 atom stereocenters. The number of carbonyl (C=O) groups is 2. The highest BCUT2D eigenvalue weighted by Crippen LogP contribution is 2.23. The normalized spacial score (nSPS) is 10.0. The van der Waals surface area contributed by atoms with Gasteiger partial charge in [0.15, 0.2) is 5.11 Å². The molecular weight excluding hydrogens is 458 g/mol. The maximum absolute atomic E-state index is 12.5. The Morgan fingerprint density at radius 3 is 2.41 bits per heavy atom. The zero-order chi connectivity index (χ0) is 21.2. The van der Waals surface area contributed by atoms with E-state index in [1.807, 2.05) is 13.8 Å². The second kappa shape index (κ2) is 11.4. The van der Waals surface area contributed by atoms with E-state index in [0.717, 1.165) is 10.9 Å². The molecule has 29 heavy (non-hydrogen) atoms. The summed E-state index contributed by atoms with van der Waals surface area (Å²) in [5.41, 5.74) is 5.65. The molecule has 154 valence electrons. The maximum Gasteiger partial charge on any atom is 0.273 e. The topological polar surface area (TPSA) is 88.7 Å². The first kappa shape index (κ1) is 22.6. The van der Waals surface area contributed by atoms with E-state index >= 15 is 0 Å². The summed E-state index contributed by atoms with van der Waals surface area (Å²) in [6, 6.07) is 12.0. The van der Waals surface area contributed by atoms with Crippen molar-refractivity contribution in [1.29, 1.82) is 0 Å². The Morgan fingerprint density at radius 2 is 1.69 bits per heavy atom. The fraction of sp³-hybridized carbons (Fsp3) is 0.250. The Bertz CT molecular complexity index is 892. The standard InChI is InChI=1S/C20H22BrN3O4S/c1-3-11-28-16-8-6-5-7-14(16)19(26)23-24-20(29)22-18(25)15-12-13(21)9-10-17(15)27-4-2/h5-10,12H,3-4,11H2,1-2H3,(H,23,26)(H2,22,24,25,29). The summed E-state index contributed by atoms with van der Waals surface area (Å²) in [5, 5.41) is 2.45. The van der Waals surface area contributed by atoms with Crippen LogP contribution in [0.15, 0.2) is 46.9 Å². The van der Waals surface area contributed by atoms with Crippen LogP contribution in [0.5, 0.6) is 11.5 Å². The van der Waals surface area contributed by atoms with Crippen molar-refractivity contribution in [3.63, 3.8) is 0 Å². The summed E-state index contributed by atoms with van der Waals surface area (Å²) >= 11 is 8.43. The molecule has 0 radical (unpaired) electrons. The molecule has 0 unspecified atom stereocenters. The third-order valence-electron chi connectivity index (χ3n) is 3.60. The van der Waals surface area contributed by atoms with Crippen molar-refractivity contribution in [1.82, 2.24) is 16.2 Å². The lowest BCUT2D eigenvalue weighted by Gasteiger charge is -2.14. The van der Waals surface area contributed by atoms with Crippen molar-refractivity contribution in [2.75, 3.05) is 13.2 Å². The van der Waals surface area contributed by atoms with Gasteiger partial charge in [-0.2, -0.15) is 0 Å². The van der Waals surface area contributed by atoms with E-state index in [1.54, 1.807) is 42.5 Å². The predicted molar refractivity (Wildman–Crippen MR) is 118 cm³/mol. The Kier molecular flexibility index (Phi) is 8.88. The highest BCUT2D eigenvalue weighted by molar-refractivity contribution is 9.10. The summed E-state index contributed by atoms with van der Waals surface area (Å²) in [4.78, 5) is 24.9. The van der Waals surface area contributed by atoms with Crippen molar-refractivity contribution in [2.24, 2.45) is 0 Å². The van der Waals surface area contributed by atoms with Gasteiger partial charge >= 0.3 is 0 Å². The molecule has 0 aliphatic carbocycles. The van der Waals surface area contributed by atoms with Gasteiger partial charge in [-0.15, -0.1) is 0 Å². The lowest BCUT2D eigenvalue weighted by Crippen LogP contribution is -2.48. The lowest BCUT2D eigenvalue weighted by atomic mass is 10.2. The van der Waals surface area contributed by atoms with Crippen LogP contribution in [-0.2, 0) is 0 Å². The SMILES string of the molecule is CCCOc1ccccc1C(=O)NNC(=S)NC(=O)c1cc(Br)ccc1OCC. The van der Waals surface area contributed by atoms with E-state index in [1.165, 1.54) is 0 Å². The van der Waals surface area contributed by atoms with E-state index in [4.69, 9.17) is 21.7 Å². The quantitative estimate of drug-likeness (QED) is 0.415. The highest BCUT2D eigenvalue weighted by Gasteiger charge is 2.16. The number of para-hydroxylation sites is 1. The maximum atomic E-state index is 12.5. The molecule has 2 rings (SSSR count). The first-order valence-corrected chi connectivity index (χ1v) is 10.2. The molecule has 0 spiro atoms. The van der Waals surface area contributed by atoms with Crippen LogP contribution in [0, 0.1) is 0 Å². The van der Waals surface area contributed by atoms with Gasteiger partial charge in [0.2, 0.25) is 0 Å². The van der Waals surface area contributed by atoms with E-state index in [2.05, 4.69) is 32.1 Å². The largest absolute Gasteiger partial charge is 0.493 e. The molecular formula is C20H22BrN3O4S. The fourth-order valence-electron chi connectivity index (χ4n) is 2.34. The van der Waals surface area contributed by atoms with E-state index in [0.29, 0.717) is 35.8 Å². The molecule has 7 nitrogen and oxygen atoms in total. The monoisotopic (exact) mass is 479 g/mol. The zero-order valence-corrected chi connectivity index (χ0v) is 18.5. The third-order valence-corrected chi connectivity index (χ3v) is 4.29. The van der Waals surface area contributed by atoms with Gasteiger partial charge in [0, 0.05) is 4.47 Å². The number of carbonyl (C=O) groups excluding carboxylic acids is 2. The Balaban J connectivity index is 1.98. The molecule has 9 heteroatoms. The molecule has 2 aromatic rings. The van der Waals surface area contributed by atoms with Gasteiger partial charge in [0.05, 0.1) is 24.3 Å². The van der Waals surface area contributed by atoms with Crippen LogP contribution in [0.2, 0.25) is 0 Å². The van der Waals surface area contributed by atoms with Gasteiger partial charge in [-0.3, -0.25) is 25.8 Å². The highest BCUT2D eigenvalue weighted by atomic mass is 79.9. The number of hydrogen-bond donors (Lipinski definition) is 3. The average molecular weight is 480 g/mol. The fourth-order valence-corrected chi connectivity index (χ4v) is 2.84. The molecule has 0 aromatic heterocycles. The lowest BCUT2D eigenvalue weighted by molar-refractivity contribution is 0.0930. The van der Waals surface area contributed by atoms with Crippen LogP contribution in [0.3, 0.4) is 0 Å². The third kappa shape index (κ3) is 6.72. The van der Waals surface area contributed by atoms with Crippen LogP contribution in [-0.4, -0.2) is 30.1 Å². The van der Waals surface area contributed by atoms with E-state index < -0.39 is 11.8 Å². The van der Waals surface area contributed by atoms with Gasteiger partial charge in [-0.05, 0) is 55.9 Å². The molecule has 3 N–H and O–H groups in total. The number of amides is 2. The number of rotatable bonds is 7. The Hall–Kier alpha value is -2.65. The number of benzene rings is 2. The molecule has 0 aliphatic heterocycles. The van der Waals surface area contributed by atoms with Crippen LogP contribution >= 0.6 is 28.1 Å². The molecule has 0 fully saturated rings. The van der Waals surface area contributed by atoms with Gasteiger partial charge in [0.25, 0.3) is 11.8 Å². The summed E-state index contributed by atoms with van der Waals surface area (Å²) in [5.74, 6) is 0.0000675. The molecule has 0 saturated carbocycles. The zero-order valence-electron chi connectivity index (χ0n) is 16.1. The summed E-state index contributed by atoms with van der Waals surface area (Å²) < 4.78 is 11.8. The molecule has 0 saturated heterocycles. The summed E-state index contributed by atoms with van der Waals surface area (Å²) in [7, 11) is 0. The molecule has 2 amide bonds. The van der Waals surface area contributed by atoms with E-state index in [9.17, 15) is 9.59 Å². The average Bonchev–Trinajstić information content (AvgIpc) is 2.72. The number of hydrogen-bond acceptors (Lipinski definition) is 5. The van der Waals surface area contributed by atoms with Crippen LogP contribution in [0.4, 0.5) is 0 Å². The minimum atomic E-state index is -0.465. The van der Waals surface area contributed by atoms with Crippen molar-refractivity contribution < 1.29 is 19.1 Å². The van der Waals surface area contributed by atoms with Gasteiger partial charge in [-0.25, -0.2) is 0 Å². The van der Waals surface area contributed by atoms with Gasteiger partial charge < -0.3 is 9.47 Å². The molecule has 0 heterocycles. The number of nitrogens with one attached hydrogen (secondary N) is 3. The molecule has 0 bridgehead atoms. The second-order valence-corrected chi connectivity index (χ2v) is 7.10. The number of hydrazine groups is 1. The number of halogens is 1. The molecule has 0 aliphatic rings. The first-order chi connectivity index (χ1) is 14.0. The van der Waals surface area contributed by atoms with Gasteiger partial charge in [-0.1, -0.05) is 35.0 Å². The van der Waals surface area contributed by atoms with Gasteiger partial charge in [0.1, 0.15) is 11.5 Å². The summed E-state index contributed by atoms with van der Waals surface area (Å²) in [6.45, 7) is 4.72. The minimum Gasteiger partial charge on any atom is -0.493 e. The number of ether oxygens (including phenoxy) is 2. The minimum absolute atomic E-state index is 0.0577. The van der Waals surface area contributed by atoms with Crippen LogP contribution in [0.1, 0.15) is 41.0 Å². The second-order valence-electron chi connectivity index (χ2n) is 5.78. The van der Waals surface area contributed by atoms with Crippen LogP contribution in [0.25, 0.3) is 0 Å². The Labute approximate surface area is 183 Å². The van der Waals surface area contributed by atoms with Crippen molar-refractivity contribution >= 4 is 45.1 Å². The van der Waals surface area contributed by atoms with E-state index in [-0.39, 0.29) is 5.11 Å². The van der Waals surface area contributed by atoms with Crippen molar-refractivity contribution in [3.8, 4) is 11.5 Å². The van der Waals surface area contributed by atoms with Crippen LogP contribution < -0.4 is 25.6 Å². The predicted octanol–water partition coefficient (Wildman–Crippen LogP) is 3.59. The Morgan fingerprint density at radius 1 is 0.966 bits per heavy atom. The number of thiocarbonyl (C=S) groups is 1. The molecule has 2 aromatic carbocycles.